The second-order valence-electron chi connectivity index (χ2n) is 5.10. The van der Waals surface area contributed by atoms with Gasteiger partial charge >= 0.3 is 0 Å². The van der Waals surface area contributed by atoms with E-state index in [1.54, 1.807) is 11.3 Å². The molecule has 0 aliphatic heterocycles. The lowest BCUT2D eigenvalue weighted by atomic mass is 10.3. The van der Waals surface area contributed by atoms with Crippen LogP contribution in [0.2, 0.25) is 0 Å². The molecule has 0 unspecified atom stereocenters. The SMILES string of the molecule is Nc1nc(CCN(CC2CC2)C2CC2)cs1. The Hall–Kier alpha value is -0.610. The molecule has 3 rings (SSSR count). The Morgan fingerprint density at radius 3 is 2.75 bits per heavy atom. The van der Waals surface area contributed by atoms with Gasteiger partial charge in [0.25, 0.3) is 0 Å². The maximum absolute atomic E-state index is 5.64. The van der Waals surface area contributed by atoms with E-state index >= 15 is 0 Å². The molecular weight excluding hydrogens is 218 g/mol. The summed E-state index contributed by atoms with van der Waals surface area (Å²) in [7, 11) is 0. The van der Waals surface area contributed by atoms with Crippen molar-refractivity contribution in [2.24, 2.45) is 5.92 Å². The first kappa shape index (κ1) is 10.5. The van der Waals surface area contributed by atoms with Crippen LogP contribution < -0.4 is 5.73 Å². The maximum atomic E-state index is 5.64. The fourth-order valence-corrected chi connectivity index (χ4v) is 2.79. The second-order valence-corrected chi connectivity index (χ2v) is 5.99. The first-order chi connectivity index (χ1) is 7.81. The molecule has 0 saturated heterocycles. The van der Waals surface area contributed by atoms with Gasteiger partial charge in [0.15, 0.2) is 5.13 Å². The molecule has 0 radical (unpaired) electrons. The minimum absolute atomic E-state index is 0.704. The summed E-state index contributed by atoms with van der Waals surface area (Å²) in [6.45, 7) is 2.49. The number of nitrogens with zero attached hydrogens (tertiary/aromatic N) is 2. The largest absolute Gasteiger partial charge is 0.375 e. The zero-order chi connectivity index (χ0) is 11.0. The average molecular weight is 237 g/mol. The quantitative estimate of drug-likeness (QED) is 0.824. The van der Waals surface area contributed by atoms with Gasteiger partial charge in [-0.05, 0) is 31.6 Å². The molecule has 88 valence electrons. The second kappa shape index (κ2) is 4.34. The Bertz CT molecular complexity index is 355. The third-order valence-corrected chi connectivity index (χ3v) is 4.20. The lowest BCUT2D eigenvalue weighted by molar-refractivity contribution is 0.255. The van der Waals surface area contributed by atoms with Gasteiger partial charge in [-0.1, -0.05) is 0 Å². The van der Waals surface area contributed by atoms with Crippen LogP contribution >= 0.6 is 11.3 Å². The fourth-order valence-electron chi connectivity index (χ4n) is 2.19. The first-order valence-electron chi connectivity index (χ1n) is 6.25. The number of anilines is 1. The van der Waals surface area contributed by atoms with Gasteiger partial charge in [0, 0.05) is 30.9 Å². The van der Waals surface area contributed by atoms with Crippen molar-refractivity contribution in [2.45, 2.75) is 38.1 Å². The molecule has 0 spiro atoms. The molecule has 2 saturated carbocycles. The van der Waals surface area contributed by atoms with E-state index in [1.807, 2.05) is 0 Å². The molecular formula is C12H19N3S. The van der Waals surface area contributed by atoms with Crippen LogP contribution in [0.25, 0.3) is 0 Å². The van der Waals surface area contributed by atoms with Crippen molar-refractivity contribution >= 4 is 16.5 Å². The number of thiazole rings is 1. The van der Waals surface area contributed by atoms with E-state index < -0.39 is 0 Å². The fraction of sp³-hybridized carbons (Fsp3) is 0.750. The molecule has 0 atom stereocenters. The molecule has 1 aromatic rings. The number of hydrogen-bond acceptors (Lipinski definition) is 4. The summed E-state index contributed by atoms with van der Waals surface area (Å²) in [5.41, 5.74) is 6.81. The van der Waals surface area contributed by atoms with Crippen LogP contribution in [0.3, 0.4) is 0 Å². The summed E-state index contributed by atoms with van der Waals surface area (Å²) in [4.78, 5) is 7.00. The Morgan fingerprint density at radius 2 is 2.19 bits per heavy atom. The van der Waals surface area contributed by atoms with Crippen molar-refractivity contribution in [3.05, 3.63) is 11.1 Å². The molecule has 0 amide bonds. The summed E-state index contributed by atoms with van der Waals surface area (Å²) in [5.74, 6) is 1.00. The van der Waals surface area contributed by atoms with E-state index in [0.717, 1.165) is 18.4 Å². The minimum atomic E-state index is 0.704. The maximum Gasteiger partial charge on any atom is 0.180 e. The van der Waals surface area contributed by atoms with Gasteiger partial charge in [0.05, 0.1) is 5.69 Å². The Balaban J connectivity index is 1.50. The molecule has 0 aromatic carbocycles. The molecule has 4 heteroatoms. The minimum Gasteiger partial charge on any atom is -0.375 e. The molecule has 2 aliphatic carbocycles. The van der Waals surface area contributed by atoms with E-state index in [9.17, 15) is 0 Å². The van der Waals surface area contributed by atoms with Crippen molar-refractivity contribution in [2.75, 3.05) is 18.8 Å². The van der Waals surface area contributed by atoms with E-state index in [0.29, 0.717) is 5.13 Å². The number of nitrogens with two attached hydrogens (primary N) is 1. The molecule has 0 bridgehead atoms. The van der Waals surface area contributed by atoms with Crippen LogP contribution in [0, 0.1) is 5.92 Å². The highest BCUT2D eigenvalue weighted by molar-refractivity contribution is 7.13. The first-order valence-corrected chi connectivity index (χ1v) is 7.13. The number of rotatable bonds is 6. The summed E-state index contributed by atoms with van der Waals surface area (Å²) >= 11 is 1.55. The van der Waals surface area contributed by atoms with Crippen molar-refractivity contribution in [3.63, 3.8) is 0 Å². The van der Waals surface area contributed by atoms with E-state index in [1.165, 1.54) is 44.5 Å². The van der Waals surface area contributed by atoms with Gasteiger partial charge in [-0.3, -0.25) is 4.90 Å². The van der Waals surface area contributed by atoms with Gasteiger partial charge in [0.2, 0.25) is 0 Å². The molecule has 2 fully saturated rings. The lowest BCUT2D eigenvalue weighted by Gasteiger charge is -2.21. The third-order valence-electron chi connectivity index (χ3n) is 3.48. The molecule has 2 aliphatic rings. The normalized spacial score (nSPS) is 20.6. The zero-order valence-electron chi connectivity index (χ0n) is 9.56. The predicted octanol–water partition coefficient (Wildman–Crippen LogP) is 2.14. The van der Waals surface area contributed by atoms with Crippen molar-refractivity contribution in [3.8, 4) is 0 Å². The van der Waals surface area contributed by atoms with E-state index in [4.69, 9.17) is 5.73 Å². The van der Waals surface area contributed by atoms with Crippen molar-refractivity contribution < 1.29 is 0 Å². The summed E-state index contributed by atoms with van der Waals surface area (Å²) in [6.07, 6.45) is 6.79. The van der Waals surface area contributed by atoms with Gasteiger partial charge in [0.1, 0.15) is 0 Å². The van der Waals surface area contributed by atoms with E-state index in [-0.39, 0.29) is 0 Å². The number of hydrogen-bond donors (Lipinski definition) is 1. The Kier molecular flexibility index (Phi) is 2.86. The van der Waals surface area contributed by atoms with Crippen LogP contribution in [0.4, 0.5) is 5.13 Å². The predicted molar refractivity (Wildman–Crippen MR) is 67.5 cm³/mol. The van der Waals surface area contributed by atoms with Gasteiger partial charge in [-0.25, -0.2) is 4.98 Å². The smallest absolute Gasteiger partial charge is 0.180 e. The van der Waals surface area contributed by atoms with Crippen LogP contribution in [0.1, 0.15) is 31.4 Å². The standard InChI is InChI=1S/C12H19N3S/c13-12-14-10(8-16-12)5-6-15(11-3-4-11)7-9-1-2-9/h8-9,11H,1-7H2,(H2,13,14). The average Bonchev–Trinajstić information content (AvgIpc) is 3.14. The Labute approximate surface area is 101 Å². The van der Waals surface area contributed by atoms with Crippen molar-refractivity contribution in [1.82, 2.24) is 9.88 Å². The highest BCUT2D eigenvalue weighted by Crippen LogP contribution is 2.34. The Morgan fingerprint density at radius 1 is 1.38 bits per heavy atom. The van der Waals surface area contributed by atoms with E-state index in [2.05, 4.69) is 15.3 Å². The molecule has 1 aromatic heterocycles. The highest BCUT2D eigenvalue weighted by atomic mass is 32.1. The number of aromatic nitrogens is 1. The molecule has 2 N–H and O–H groups in total. The summed E-state index contributed by atoms with van der Waals surface area (Å²) < 4.78 is 0. The van der Waals surface area contributed by atoms with Crippen LogP contribution in [0.15, 0.2) is 5.38 Å². The van der Waals surface area contributed by atoms with Gasteiger partial charge in [-0.15, -0.1) is 11.3 Å². The topological polar surface area (TPSA) is 42.1 Å². The molecule has 1 heterocycles. The summed E-state index contributed by atoms with van der Waals surface area (Å²) in [5, 5.41) is 2.80. The summed E-state index contributed by atoms with van der Waals surface area (Å²) in [6, 6.07) is 0.886. The van der Waals surface area contributed by atoms with Gasteiger partial charge < -0.3 is 5.73 Å². The number of nitrogen functional groups attached to an aromatic ring is 1. The molecule has 3 nitrogen and oxygen atoms in total. The van der Waals surface area contributed by atoms with Crippen LogP contribution in [-0.2, 0) is 6.42 Å². The van der Waals surface area contributed by atoms with Crippen LogP contribution in [0.5, 0.6) is 0 Å². The third kappa shape index (κ3) is 2.74. The van der Waals surface area contributed by atoms with Crippen molar-refractivity contribution in [1.29, 1.82) is 0 Å². The zero-order valence-corrected chi connectivity index (χ0v) is 10.4. The lowest BCUT2D eigenvalue weighted by Crippen LogP contribution is -2.30. The van der Waals surface area contributed by atoms with Gasteiger partial charge in [-0.2, -0.15) is 0 Å². The monoisotopic (exact) mass is 237 g/mol. The van der Waals surface area contributed by atoms with Crippen LogP contribution in [-0.4, -0.2) is 29.0 Å². The highest BCUT2D eigenvalue weighted by Gasteiger charge is 2.33. The molecule has 16 heavy (non-hydrogen) atoms.